The fraction of sp³-hybridized carbons (Fsp3) is 0.333. The molecule has 0 aliphatic carbocycles. The van der Waals surface area contributed by atoms with Crippen molar-refractivity contribution < 1.29 is 18.1 Å². The molecule has 9 nitrogen and oxygen atoms in total. The molecule has 1 fully saturated rings. The molecule has 2 heterocycles. The smallest absolute Gasteiger partial charge is 0.271 e. The Morgan fingerprint density at radius 2 is 2.22 bits per heavy atom. The highest BCUT2D eigenvalue weighted by Gasteiger charge is 2.34. The van der Waals surface area contributed by atoms with Crippen LogP contribution in [0.4, 0.5) is 10.8 Å². The van der Waals surface area contributed by atoms with Crippen LogP contribution in [-0.4, -0.2) is 36.5 Å². The number of hydrogen-bond donors (Lipinski definition) is 1. The Labute approximate surface area is 134 Å². The van der Waals surface area contributed by atoms with Gasteiger partial charge in [-0.1, -0.05) is 11.3 Å². The monoisotopic (exact) mass is 356 g/mol. The summed E-state index contributed by atoms with van der Waals surface area (Å²) >= 11 is 1.23. The Balaban J connectivity index is 1.88. The van der Waals surface area contributed by atoms with E-state index in [1.165, 1.54) is 28.4 Å². The molecule has 0 radical (unpaired) electrons. The maximum Gasteiger partial charge on any atom is 0.271 e. The second kappa shape index (κ2) is 5.51. The summed E-state index contributed by atoms with van der Waals surface area (Å²) in [5.41, 5.74) is 0.357. The number of sulfonamides is 1. The van der Waals surface area contributed by atoms with E-state index in [0.29, 0.717) is 15.3 Å². The van der Waals surface area contributed by atoms with E-state index in [9.17, 15) is 23.3 Å². The summed E-state index contributed by atoms with van der Waals surface area (Å²) in [5, 5.41) is 16.2. The number of fused-ring (bicyclic) bond motifs is 1. The van der Waals surface area contributed by atoms with Gasteiger partial charge in [0.2, 0.25) is 15.9 Å². The fourth-order valence-corrected chi connectivity index (χ4v) is 4.39. The van der Waals surface area contributed by atoms with Crippen molar-refractivity contribution in [2.75, 3.05) is 17.2 Å². The van der Waals surface area contributed by atoms with Crippen molar-refractivity contribution in [3.8, 4) is 0 Å². The highest BCUT2D eigenvalue weighted by Crippen LogP contribution is 2.34. The summed E-state index contributed by atoms with van der Waals surface area (Å²) in [4.78, 5) is 28.0. The molecule has 1 atom stereocenters. The van der Waals surface area contributed by atoms with Crippen molar-refractivity contribution in [2.45, 2.75) is 6.42 Å². The number of nitro groups is 1. The molecule has 3 rings (SSSR count). The van der Waals surface area contributed by atoms with Crippen LogP contribution in [0.25, 0.3) is 10.2 Å². The van der Waals surface area contributed by atoms with Crippen molar-refractivity contribution in [1.82, 2.24) is 4.98 Å². The normalized spacial score (nSPS) is 18.7. The molecule has 1 saturated heterocycles. The number of rotatable bonds is 4. The third-order valence-electron chi connectivity index (χ3n) is 3.47. The van der Waals surface area contributed by atoms with Gasteiger partial charge < -0.3 is 0 Å². The van der Waals surface area contributed by atoms with Gasteiger partial charge in [0.05, 0.1) is 20.9 Å². The van der Waals surface area contributed by atoms with Crippen LogP contribution in [0.2, 0.25) is 0 Å². The van der Waals surface area contributed by atoms with E-state index in [4.69, 9.17) is 5.14 Å². The zero-order valence-corrected chi connectivity index (χ0v) is 13.3. The number of nitrogens with zero attached hydrogens (tertiary/aromatic N) is 3. The minimum atomic E-state index is -3.65. The molecule has 2 N–H and O–H groups in total. The Hall–Kier alpha value is -2.11. The summed E-state index contributed by atoms with van der Waals surface area (Å²) in [6.07, 6.45) is 0.0898. The summed E-state index contributed by atoms with van der Waals surface area (Å²) in [7, 11) is -3.65. The first-order chi connectivity index (χ1) is 10.7. The number of non-ortho nitro benzene ring substituents is 1. The number of anilines is 1. The van der Waals surface area contributed by atoms with Crippen molar-refractivity contribution in [2.24, 2.45) is 11.1 Å². The maximum absolute atomic E-state index is 12.1. The zero-order valence-electron chi connectivity index (χ0n) is 11.7. The fourth-order valence-electron chi connectivity index (χ4n) is 2.54. The van der Waals surface area contributed by atoms with Crippen molar-refractivity contribution in [3.05, 3.63) is 28.3 Å². The van der Waals surface area contributed by atoms with Gasteiger partial charge in [0.1, 0.15) is 0 Å². The number of hydrogen-bond acceptors (Lipinski definition) is 7. The number of carbonyl (C=O) groups is 1. The van der Waals surface area contributed by atoms with Gasteiger partial charge in [0, 0.05) is 31.0 Å². The summed E-state index contributed by atoms with van der Waals surface area (Å²) in [6, 6.07) is 4.30. The highest BCUT2D eigenvalue weighted by molar-refractivity contribution is 7.89. The van der Waals surface area contributed by atoms with Gasteiger partial charge in [-0.25, -0.2) is 18.5 Å². The predicted molar refractivity (Wildman–Crippen MR) is 84.7 cm³/mol. The Morgan fingerprint density at radius 3 is 2.87 bits per heavy atom. The van der Waals surface area contributed by atoms with E-state index in [-0.39, 0.29) is 36.2 Å². The molecular formula is C12H12N4O5S2. The maximum atomic E-state index is 12.1. The van der Waals surface area contributed by atoms with Crippen LogP contribution in [-0.2, 0) is 14.8 Å². The standard InChI is InChI=1S/C12H12N4O5S2/c13-23(20,21)6-7-3-11(17)15(5-7)12-14-9-4-8(16(18)19)1-2-10(9)22-12/h1-2,4,7H,3,5-6H2,(H2,13,20,21). The van der Waals surface area contributed by atoms with E-state index in [1.807, 2.05) is 0 Å². The average Bonchev–Trinajstić information content (AvgIpc) is 2.98. The van der Waals surface area contributed by atoms with Crippen LogP contribution in [0.15, 0.2) is 18.2 Å². The van der Waals surface area contributed by atoms with Crippen LogP contribution in [0.3, 0.4) is 0 Å². The molecule has 0 saturated carbocycles. The number of aromatic nitrogens is 1. The minimum Gasteiger partial charge on any atom is -0.288 e. The molecule has 1 unspecified atom stereocenters. The number of carbonyl (C=O) groups excluding carboxylic acids is 1. The van der Waals surface area contributed by atoms with E-state index < -0.39 is 14.9 Å². The molecular weight excluding hydrogens is 344 g/mol. The third-order valence-corrected chi connectivity index (χ3v) is 5.47. The molecule has 23 heavy (non-hydrogen) atoms. The lowest BCUT2D eigenvalue weighted by Crippen LogP contribution is -2.27. The van der Waals surface area contributed by atoms with Gasteiger partial charge in [0.15, 0.2) is 5.13 Å². The number of nitrogens with two attached hydrogens (primary N) is 1. The molecule has 1 amide bonds. The van der Waals surface area contributed by atoms with E-state index >= 15 is 0 Å². The van der Waals surface area contributed by atoms with E-state index in [1.54, 1.807) is 6.07 Å². The second-order valence-corrected chi connectivity index (χ2v) is 7.98. The van der Waals surface area contributed by atoms with Crippen molar-refractivity contribution >= 4 is 48.3 Å². The first-order valence-corrected chi connectivity index (χ1v) is 9.12. The van der Waals surface area contributed by atoms with Crippen LogP contribution < -0.4 is 10.0 Å². The molecule has 0 spiro atoms. The van der Waals surface area contributed by atoms with E-state index in [2.05, 4.69) is 4.98 Å². The SMILES string of the molecule is NS(=O)(=O)CC1CC(=O)N(c2nc3cc([N+](=O)[O-])ccc3s2)C1. The summed E-state index contributed by atoms with van der Waals surface area (Å²) < 4.78 is 23.0. The first-order valence-electron chi connectivity index (χ1n) is 6.59. The number of benzene rings is 1. The van der Waals surface area contributed by atoms with Gasteiger partial charge in [-0.15, -0.1) is 0 Å². The Bertz CT molecular complexity index is 907. The number of thiazole rings is 1. The molecule has 0 bridgehead atoms. The van der Waals surface area contributed by atoms with Crippen LogP contribution in [0.5, 0.6) is 0 Å². The number of nitro benzene ring substituents is 1. The highest BCUT2D eigenvalue weighted by atomic mass is 32.2. The largest absolute Gasteiger partial charge is 0.288 e. The third kappa shape index (κ3) is 3.30. The quantitative estimate of drug-likeness (QED) is 0.637. The van der Waals surface area contributed by atoms with Crippen LogP contribution >= 0.6 is 11.3 Å². The zero-order chi connectivity index (χ0) is 16.8. The summed E-state index contributed by atoms with van der Waals surface area (Å²) in [5.74, 6) is -0.864. The van der Waals surface area contributed by atoms with Gasteiger partial charge in [-0.05, 0) is 6.07 Å². The molecule has 1 aliphatic heterocycles. The van der Waals surface area contributed by atoms with Crippen LogP contribution in [0.1, 0.15) is 6.42 Å². The topological polar surface area (TPSA) is 136 Å². The minimum absolute atomic E-state index is 0.0748. The van der Waals surface area contributed by atoms with Gasteiger partial charge >= 0.3 is 0 Å². The van der Waals surface area contributed by atoms with E-state index in [0.717, 1.165) is 0 Å². The lowest BCUT2D eigenvalue weighted by atomic mass is 10.1. The Morgan fingerprint density at radius 1 is 1.48 bits per heavy atom. The van der Waals surface area contributed by atoms with Gasteiger partial charge in [-0.2, -0.15) is 0 Å². The van der Waals surface area contributed by atoms with Gasteiger partial charge in [0.25, 0.3) is 5.69 Å². The molecule has 1 aliphatic rings. The van der Waals surface area contributed by atoms with Gasteiger partial charge in [-0.3, -0.25) is 19.8 Å². The van der Waals surface area contributed by atoms with Crippen molar-refractivity contribution in [1.29, 1.82) is 0 Å². The predicted octanol–water partition coefficient (Wildman–Crippen LogP) is 0.846. The number of primary sulfonamides is 1. The molecule has 1 aromatic heterocycles. The number of amides is 1. The lowest BCUT2D eigenvalue weighted by molar-refractivity contribution is -0.384. The lowest BCUT2D eigenvalue weighted by Gasteiger charge is -2.12. The second-order valence-electron chi connectivity index (χ2n) is 5.31. The van der Waals surface area contributed by atoms with Crippen molar-refractivity contribution in [3.63, 3.8) is 0 Å². The molecule has 1 aromatic carbocycles. The summed E-state index contributed by atoms with van der Waals surface area (Å²) in [6.45, 7) is 0.219. The van der Waals surface area contributed by atoms with Crippen LogP contribution in [0, 0.1) is 16.0 Å². The molecule has 11 heteroatoms. The first kappa shape index (κ1) is 15.8. The average molecular weight is 356 g/mol. The Kier molecular flexibility index (Phi) is 3.78. The molecule has 122 valence electrons. The molecule has 2 aromatic rings.